The van der Waals surface area contributed by atoms with E-state index in [0.29, 0.717) is 5.56 Å². The summed E-state index contributed by atoms with van der Waals surface area (Å²) in [6, 6.07) is 56.0. The molecule has 0 aromatic heterocycles. The minimum Gasteiger partial charge on any atom is -0.302 e. The largest absolute Gasteiger partial charge is 0.302 e. The van der Waals surface area contributed by atoms with E-state index in [9.17, 15) is 4.79 Å². The SMILES string of the molecule is Cc1ccc([C@]2(C)CC(C)(C)N(C(=O)c3ccc(Br)cc3)c3ccc(C(c4ccccc4)(c4ccccc4)c4ccccc4)cc32)cc1. The lowest BCUT2D eigenvalue weighted by Gasteiger charge is -2.52. The average Bonchev–Trinajstić information content (AvgIpc) is 3.10. The number of amides is 1. The van der Waals surface area contributed by atoms with Crippen molar-refractivity contribution in [1.29, 1.82) is 0 Å². The van der Waals surface area contributed by atoms with Gasteiger partial charge < -0.3 is 4.90 Å². The minimum absolute atomic E-state index is 0.00731. The molecule has 1 heterocycles. The fourth-order valence-electron chi connectivity index (χ4n) is 8.12. The van der Waals surface area contributed by atoms with E-state index in [0.717, 1.165) is 22.1 Å². The second-order valence-corrected chi connectivity index (χ2v) is 14.8. The maximum atomic E-state index is 14.5. The first-order chi connectivity index (χ1) is 23.1. The summed E-state index contributed by atoms with van der Waals surface area (Å²) >= 11 is 3.54. The van der Waals surface area contributed by atoms with Gasteiger partial charge in [-0.2, -0.15) is 0 Å². The van der Waals surface area contributed by atoms with Crippen molar-refractivity contribution >= 4 is 27.5 Å². The first kappa shape index (κ1) is 31.8. The molecule has 1 amide bonds. The van der Waals surface area contributed by atoms with Gasteiger partial charge in [-0.1, -0.05) is 156 Å². The molecule has 0 N–H and O–H groups in total. The molecule has 6 aromatic carbocycles. The Balaban J connectivity index is 1.55. The highest BCUT2D eigenvalue weighted by Gasteiger charge is 2.49. The zero-order chi connectivity index (χ0) is 33.5. The van der Waals surface area contributed by atoms with Crippen molar-refractivity contribution in [3.8, 4) is 0 Å². The zero-order valence-corrected chi connectivity index (χ0v) is 29.5. The molecule has 3 heteroatoms. The lowest BCUT2D eigenvalue weighted by molar-refractivity contribution is 0.0948. The van der Waals surface area contributed by atoms with E-state index >= 15 is 0 Å². The van der Waals surface area contributed by atoms with Crippen LogP contribution in [0.15, 0.2) is 162 Å². The van der Waals surface area contributed by atoms with Gasteiger partial charge in [-0.3, -0.25) is 4.79 Å². The highest BCUT2D eigenvalue weighted by molar-refractivity contribution is 9.10. The van der Waals surface area contributed by atoms with E-state index in [1.54, 1.807) is 0 Å². The van der Waals surface area contributed by atoms with Crippen LogP contribution in [0.25, 0.3) is 0 Å². The number of carbonyl (C=O) groups is 1. The first-order valence-corrected chi connectivity index (χ1v) is 17.4. The number of hydrogen-bond donors (Lipinski definition) is 0. The normalized spacial score (nSPS) is 17.1. The van der Waals surface area contributed by atoms with Crippen LogP contribution >= 0.6 is 15.9 Å². The highest BCUT2D eigenvalue weighted by Crippen LogP contribution is 2.54. The number of fused-ring (bicyclic) bond motifs is 1. The molecule has 0 bridgehead atoms. The van der Waals surface area contributed by atoms with Crippen molar-refractivity contribution < 1.29 is 4.79 Å². The van der Waals surface area contributed by atoms with E-state index < -0.39 is 11.0 Å². The summed E-state index contributed by atoms with van der Waals surface area (Å²) in [5.41, 5.74) is 8.58. The minimum atomic E-state index is -0.597. The molecule has 0 saturated carbocycles. The van der Waals surface area contributed by atoms with Crippen molar-refractivity contribution in [2.75, 3.05) is 4.90 Å². The van der Waals surface area contributed by atoms with Crippen LogP contribution in [0.5, 0.6) is 0 Å². The summed E-state index contributed by atoms with van der Waals surface area (Å²) in [6.07, 6.45) is 0.761. The van der Waals surface area contributed by atoms with Crippen LogP contribution in [0.1, 0.15) is 76.5 Å². The molecular formula is C45H40BrNO. The highest BCUT2D eigenvalue weighted by atomic mass is 79.9. The first-order valence-electron chi connectivity index (χ1n) is 16.6. The molecule has 0 unspecified atom stereocenters. The van der Waals surface area contributed by atoms with E-state index in [4.69, 9.17) is 0 Å². The molecular weight excluding hydrogens is 650 g/mol. The monoisotopic (exact) mass is 689 g/mol. The van der Waals surface area contributed by atoms with Gasteiger partial charge in [-0.15, -0.1) is 0 Å². The van der Waals surface area contributed by atoms with Crippen molar-refractivity contribution in [3.05, 3.63) is 207 Å². The number of anilines is 1. The van der Waals surface area contributed by atoms with Gasteiger partial charge in [0.1, 0.15) is 0 Å². The van der Waals surface area contributed by atoms with E-state index in [1.165, 1.54) is 33.4 Å². The molecule has 0 fully saturated rings. The van der Waals surface area contributed by atoms with Gasteiger partial charge in [0.15, 0.2) is 0 Å². The smallest absolute Gasteiger partial charge is 0.258 e. The molecule has 1 atom stereocenters. The van der Waals surface area contributed by atoms with Crippen LogP contribution in [0.2, 0.25) is 0 Å². The Morgan fingerprint density at radius 2 is 1.12 bits per heavy atom. The van der Waals surface area contributed by atoms with Gasteiger partial charge >= 0.3 is 0 Å². The van der Waals surface area contributed by atoms with Crippen molar-refractivity contribution in [3.63, 3.8) is 0 Å². The third kappa shape index (κ3) is 5.31. The average molecular weight is 691 g/mol. The Labute approximate surface area is 293 Å². The van der Waals surface area contributed by atoms with Crippen LogP contribution in [0.4, 0.5) is 5.69 Å². The maximum absolute atomic E-state index is 14.5. The number of aryl methyl sites for hydroxylation is 1. The molecule has 0 saturated heterocycles. The molecule has 1 aliphatic heterocycles. The van der Waals surface area contributed by atoms with Gasteiger partial charge in [0.25, 0.3) is 5.91 Å². The Bertz CT molecular complexity index is 1960. The Morgan fingerprint density at radius 3 is 1.62 bits per heavy atom. The molecule has 0 aliphatic carbocycles. The Kier molecular flexibility index (Phi) is 8.21. The van der Waals surface area contributed by atoms with Gasteiger partial charge in [0.2, 0.25) is 0 Å². The third-order valence-electron chi connectivity index (χ3n) is 10.3. The lowest BCUT2D eigenvalue weighted by Crippen LogP contribution is -2.56. The number of nitrogens with zero attached hydrogens (tertiary/aromatic N) is 1. The second kappa shape index (κ2) is 12.4. The van der Waals surface area contributed by atoms with Gasteiger partial charge in [0, 0.05) is 26.7 Å². The molecule has 238 valence electrons. The standard InChI is InChI=1S/C45H40BrNO/c1-32-20-24-34(25-21-32)44(4)31-43(2,3)47(42(48)33-22-27-39(46)28-23-33)41-29-26-38(30-40(41)44)45(35-14-8-5-9-15-35,36-16-10-6-11-17-36)37-18-12-7-13-19-37/h5-30H,31H2,1-4H3/t44-/m0/s1. The summed E-state index contributed by atoms with van der Waals surface area (Å²) in [7, 11) is 0. The fraction of sp³-hybridized carbons (Fsp3) is 0.178. The molecule has 2 nitrogen and oxygen atoms in total. The van der Waals surface area contributed by atoms with Crippen molar-refractivity contribution in [2.24, 2.45) is 0 Å². The van der Waals surface area contributed by atoms with E-state index in [-0.39, 0.29) is 11.3 Å². The predicted molar refractivity (Wildman–Crippen MR) is 202 cm³/mol. The van der Waals surface area contributed by atoms with E-state index in [1.807, 2.05) is 29.2 Å². The van der Waals surface area contributed by atoms with Crippen LogP contribution in [-0.2, 0) is 10.8 Å². The summed E-state index contributed by atoms with van der Waals surface area (Å²) in [4.78, 5) is 16.6. The van der Waals surface area contributed by atoms with Crippen LogP contribution in [-0.4, -0.2) is 11.4 Å². The van der Waals surface area contributed by atoms with Gasteiger partial charge in [-0.05, 0) is 90.9 Å². The molecule has 6 aromatic rings. The Morgan fingerprint density at radius 1 is 0.625 bits per heavy atom. The van der Waals surface area contributed by atoms with Crippen LogP contribution in [0, 0.1) is 6.92 Å². The lowest BCUT2D eigenvalue weighted by atomic mass is 9.61. The summed E-state index contributed by atoms with van der Waals surface area (Å²) in [5.74, 6) is 0.00731. The molecule has 48 heavy (non-hydrogen) atoms. The quantitative estimate of drug-likeness (QED) is 0.159. The molecule has 0 spiro atoms. The van der Waals surface area contributed by atoms with Crippen molar-refractivity contribution in [2.45, 2.75) is 50.5 Å². The van der Waals surface area contributed by atoms with E-state index in [2.05, 4.69) is 177 Å². The predicted octanol–water partition coefficient (Wildman–Crippen LogP) is 11.3. The number of hydrogen-bond acceptors (Lipinski definition) is 1. The topological polar surface area (TPSA) is 20.3 Å². The zero-order valence-electron chi connectivity index (χ0n) is 28.0. The summed E-state index contributed by atoms with van der Waals surface area (Å²) in [6.45, 7) is 8.90. The van der Waals surface area contributed by atoms with Crippen molar-refractivity contribution in [1.82, 2.24) is 0 Å². The third-order valence-corrected chi connectivity index (χ3v) is 10.8. The molecule has 0 radical (unpaired) electrons. The summed E-state index contributed by atoms with van der Waals surface area (Å²) < 4.78 is 0.952. The maximum Gasteiger partial charge on any atom is 0.258 e. The van der Waals surface area contributed by atoms with Gasteiger partial charge in [-0.25, -0.2) is 0 Å². The van der Waals surface area contributed by atoms with Gasteiger partial charge in [0.05, 0.1) is 5.41 Å². The molecule has 1 aliphatic rings. The second-order valence-electron chi connectivity index (χ2n) is 13.9. The van der Waals surface area contributed by atoms with Crippen LogP contribution in [0.3, 0.4) is 0 Å². The van der Waals surface area contributed by atoms with Crippen LogP contribution < -0.4 is 4.90 Å². The number of halogens is 1. The Hall–Kier alpha value is -4.73. The molecule has 7 rings (SSSR count). The number of benzene rings is 6. The summed E-state index contributed by atoms with van der Waals surface area (Å²) in [5, 5.41) is 0. The number of rotatable bonds is 6. The fourth-order valence-corrected chi connectivity index (χ4v) is 8.39. The number of carbonyl (C=O) groups excluding carboxylic acids is 1.